The van der Waals surface area contributed by atoms with Crippen LogP contribution >= 0.6 is 11.3 Å². The molecular weight excluding hydrogens is 474 g/mol. The molecule has 0 radical (unpaired) electrons. The van der Waals surface area contributed by atoms with E-state index in [0.717, 1.165) is 0 Å². The first kappa shape index (κ1) is 25.8. The molecule has 35 heavy (non-hydrogen) atoms. The lowest BCUT2D eigenvalue weighted by molar-refractivity contribution is -0.139. The lowest BCUT2D eigenvalue weighted by atomic mass is 9.84. The predicted octanol–water partition coefficient (Wildman–Crippen LogP) is 3.91. The molecule has 1 aliphatic heterocycles. The Labute approximate surface area is 207 Å². The van der Waals surface area contributed by atoms with Gasteiger partial charge in [0.15, 0.2) is 11.5 Å². The number of amides is 1. The summed E-state index contributed by atoms with van der Waals surface area (Å²) in [5.74, 6) is -1.66. The fourth-order valence-corrected chi connectivity index (χ4v) is 4.38. The summed E-state index contributed by atoms with van der Waals surface area (Å²) in [5.41, 5.74) is 1.18. The van der Waals surface area contributed by atoms with E-state index in [0.29, 0.717) is 11.3 Å². The standard InChI is InChI=1S/C25H27NO8S/c1-6-33-24(28)17-12-26(13-18(25(29)34-7-2)21(17)15-8-9-35-14-15)23(27)16-10-19(30-3)22(32-5)20(11-16)31-4/h8-14,21H,6-7H2,1-5H3. The second kappa shape index (κ2) is 11.6. The van der Waals surface area contributed by atoms with E-state index in [1.54, 1.807) is 13.8 Å². The van der Waals surface area contributed by atoms with Crippen molar-refractivity contribution < 1.29 is 38.1 Å². The van der Waals surface area contributed by atoms with Crippen LogP contribution in [0.3, 0.4) is 0 Å². The van der Waals surface area contributed by atoms with Gasteiger partial charge in [0.05, 0.1) is 51.6 Å². The number of ether oxygens (including phenoxy) is 5. The molecule has 3 rings (SSSR count). The Balaban J connectivity index is 2.15. The number of carbonyl (C=O) groups excluding carboxylic acids is 3. The average Bonchev–Trinajstić information content (AvgIpc) is 3.41. The minimum atomic E-state index is -0.747. The normalized spacial score (nSPS) is 13.5. The van der Waals surface area contributed by atoms with Crippen molar-refractivity contribution >= 4 is 29.2 Å². The number of hydrogen-bond acceptors (Lipinski definition) is 9. The molecule has 9 nitrogen and oxygen atoms in total. The van der Waals surface area contributed by atoms with Gasteiger partial charge in [-0.25, -0.2) is 9.59 Å². The molecule has 0 aliphatic carbocycles. The molecule has 10 heteroatoms. The van der Waals surface area contributed by atoms with Gasteiger partial charge in [0.2, 0.25) is 5.75 Å². The van der Waals surface area contributed by atoms with Crippen molar-refractivity contribution in [2.24, 2.45) is 0 Å². The zero-order valence-electron chi connectivity index (χ0n) is 20.2. The lowest BCUT2D eigenvalue weighted by Crippen LogP contribution is -2.32. The van der Waals surface area contributed by atoms with Gasteiger partial charge in [-0.15, -0.1) is 0 Å². The summed E-state index contributed by atoms with van der Waals surface area (Å²) in [4.78, 5) is 40.6. The van der Waals surface area contributed by atoms with Crippen LogP contribution in [-0.4, -0.2) is 57.3 Å². The number of thiophene rings is 1. The van der Waals surface area contributed by atoms with Gasteiger partial charge in [-0.05, 0) is 48.4 Å². The van der Waals surface area contributed by atoms with E-state index in [1.807, 2.05) is 16.8 Å². The van der Waals surface area contributed by atoms with Crippen LogP contribution in [0.1, 0.15) is 35.7 Å². The quantitative estimate of drug-likeness (QED) is 0.477. The zero-order valence-corrected chi connectivity index (χ0v) is 21.0. The number of methoxy groups -OCH3 is 3. The first-order chi connectivity index (χ1) is 16.9. The molecule has 1 amide bonds. The van der Waals surface area contributed by atoms with Crippen LogP contribution in [0.2, 0.25) is 0 Å². The number of nitrogens with zero attached hydrogens (tertiary/aromatic N) is 1. The van der Waals surface area contributed by atoms with E-state index in [9.17, 15) is 14.4 Å². The first-order valence-electron chi connectivity index (χ1n) is 10.8. The third kappa shape index (κ3) is 5.32. The summed E-state index contributed by atoms with van der Waals surface area (Å²) in [7, 11) is 4.34. The van der Waals surface area contributed by atoms with Gasteiger partial charge in [0, 0.05) is 18.0 Å². The van der Waals surface area contributed by atoms with Gasteiger partial charge >= 0.3 is 11.9 Å². The number of rotatable bonds is 9. The third-order valence-corrected chi connectivity index (χ3v) is 5.92. The van der Waals surface area contributed by atoms with Gasteiger partial charge < -0.3 is 23.7 Å². The smallest absolute Gasteiger partial charge is 0.336 e. The van der Waals surface area contributed by atoms with Crippen molar-refractivity contribution in [3.63, 3.8) is 0 Å². The molecular formula is C25H27NO8S. The largest absolute Gasteiger partial charge is 0.493 e. The first-order valence-corrected chi connectivity index (χ1v) is 11.8. The maximum absolute atomic E-state index is 13.6. The van der Waals surface area contributed by atoms with Crippen molar-refractivity contribution in [3.8, 4) is 17.2 Å². The molecule has 0 spiro atoms. The van der Waals surface area contributed by atoms with E-state index in [1.165, 1.54) is 62.1 Å². The summed E-state index contributed by atoms with van der Waals surface area (Å²) >= 11 is 1.42. The van der Waals surface area contributed by atoms with Crippen LogP contribution < -0.4 is 14.2 Å². The Morgan fingerprint density at radius 2 is 1.43 bits per heavy atom. The Morgan fingerprint density at radius 3 is 1.83 bits per heavy atom. The molecule has 0 saturated carbocycles. The number of carbonyl (C=O) groups is 3. The highest BCUT2D eigenvalue weighted by Gasteiger charge is 2.37. The summed E-state index contributed by atoms with van der Waals surface area (Å²) < 4.78 is 26.5. The van der Waals surface area contributed by atoms with Gasteiger partial charge in [-0.3, -0.25) is 9.69 Å². The van der Waals surface area contributed by atoms with Crippen LogP contribution in [0, 0.1) is 0 Å². The predicted molar refractivity (Wildman–Crippen MR) is 129 cm³/mol. The second-order valence-corrected chi connectivity index (χ2v) is 8.01. The van der Waals surface area contributed by atoms with Crippen molar-refractivity contribution in [3.05, 3.63) is 63.6 Å². The highest BCUT2D eigenvalue weighted by atomic mass is 32.1. The third-order valence-electron chi connectivity index (χ3n) is 5.22. The Morgan fingerprint density at radius 1 is 0.886 bits per heavy atom. The molecule has 0 atom stereocenters. The highest BCUT2D eigenvalue weighted by Crippen LogP contribution is 2.41. The van der Waals surface area contributed by atoms with Crippen molar-refractivity contribution in [1.29, 1.82) is 0 Å². The Kier molecular flexibility index (Phi) is 8.53. The van der Waals surface area contributed by atoms with E-state index >= 15 is 0 Å². The van der Waals surface area contributed by atoms with Crippen LogP contribution in [0.15, 0.2) is 52.5 Å². The van der Waals surface area contributed by atoms with E-state index in [4.69, 9.17) is 23.7 Å². The number of benzene rings is 1. The molecule has 0 bridgehead atoms. The van der Waals surface area contributed by atoms with Gasteiger partial charge in [0.1, 0.15) is 0 Å². The van der Waals surface area contributed by atoms with Crippen LogP contribution in [0.25, 0.3) is 0 Å². The molecule has 2 heterocycles. The molecule has 1 aromatic carbocycles. The lowest BCUT2D eigenvalue weighted by Gasteiger charge is -2.29. The molecule has 0 unspecified atom stereocenters. The van der Waals surface area contributed by atoms with Crippen molar-refractivity contribution in [2.45, 2.75) is 19.8 Å². The maximum atomic E-state index is 13.6. The van der Waals surface area contributed by atoms with E-state index in [2.05, 4.69) is 0 Å². The molecule has 0 N–H and O–H groups in total. The zero-order chi connectivity index (χ0) is 25.5. The van der Waals surface area contributed by atoms with E-state index in [-0.39, 0.29) is 41.4 Å². The molecule has 1 aromatic heterocycles. The maximum Gasteiger partial charge on any atom is 0.336 e. The highest BCUT2D eigenvalue weighted by molar-refractivity contribution is 7.08. The summed E-state index contributed by atoms with van der Waals surface area (Å²) in [5, 5.41) is 3.68. The minimum absolute atomic E-state index is 0.131. The van der Waals surface area contributed by atoms with Gasteiger partial charge in [-0.1, -0.05) is 0 Å². The van der Waals surface area contributed by atoms with Crippen LogP contribution in [0.5, 0.6) is 17.2 Å². The summed E-state index contributed by atoms with van der Waals surface area (Å²) in [6.07, 6.45) is 2.77. The van der Waals surface area contributed by atoms with Crippen LogP contribution in [-0.2, 0) is 19.1 Å². The van der Waals surface area contributed by atoms with Crippen molar-refractivity contribution in [2.75, 3.05) is 34.5 Å². The fraction of sp³-hybridized carbons (Fsp3) is 0.320. The minimum Gasteiger partial charge on any atom is -0.493 e. The Hall–Kier alpha value is -3.79. The topological polar surface area (TPSA) is 101 Å². The molecule has 186 valence electrons. The molecule has 2 aromatic rings. The molecule has 0 fully saturated rings. The average molecular weight is 502 g/mol. The Bertz CT molecular complexity index is 1090. The summed E-state index contributed by atoms with van der Waals surface area (Å²) in [6.45, 7) is 3.63. The number of hydrogen-bond donors (Lipinski definition) is 0. The van der Waals surface area contributed by atoms with Gasteiger partial charge in [-0.2, -0.15) is 11.3 Å². The monoisotopic (exact) mass is 501 g/mol. The van der Waals surface area contributed by atoms with Crippen molar-refractivity contribution in [1.82, 2.24) is 4.90 Å². The summed E-state index contributed by atoms with van der Waals surface area (Å²) in [6, 6.07) is 4.79. The fourth-order valence-electron chi connectivity index (χ4n) is 3.69. The number of esters is 2. The second-order valence-electron chi connectivity index (χ2n) is 7.23. The van der Waals surface area contributed by atoms with Gasteiger partial charge in [0.25, 0.3) is 5.91 Å². The van der Waals surface area contributed by atoms with E-state index < -0.39 is 23.8 Å². The van der Waals surface area contributed by atoms with Crippen LogP contribution in [0.4, 0.5) is 0 Å². The SMILES string of the molecule is CCOC(=O)C1=CN(C(=O)c2cc(OC)c(OC)c(OC)c2)C=C(C(=O)OCC)C1c1ccsc1. The molecule has 0 saturated heterocycles. The molecule has 1 aliphatic rings.